The summed E-state index contributed by atoms with van der Waals surface area (Å²) in [5, 5.41) is 27.7. The van der Waals surface area contributed by atoms with Gasteiger partial charge >= 0.3 is 0 Å². The van der Waals surface area contributed by atoms with E-state index in [9.17, 15) is 28.8 Å². The van der Waals surface area contributed by atoms with Crippen molar-refractivity contribution in [2.45, 2.75) is 62.9 Å². The zero-order chi connectivity index (χ0) is 41.0. The maximum atomic E-state index is 13.1. The van der Waals surface area contributed by atoms with E-state index in [-0.39, 0.29) is 29.7 Å². The summed E-state index contributed by atoms with van der Waals surface area (Å²) in [5.74, 6) is -2.15. The summed E-state index contributed by atoms with van der Waals surface area (Å²) >= 11 is 0. The third-order valence-electron chi connectivity index (χ3n) is 10.5. The Hall–Kier alpha value is -6.76. The standard InChI is InChI=1S/C39H44N12O7/c1-41-35(54)31-27(20-29(47-48-31)39(13-14-39)38(40)57)45-26-8-6-7-24(32(26)58-2)33-44-21-50(49-33)18-17-42-15-4-3-5-16-43-22-9-10-23-25(19-22)37(56)51(36(23)55)28-11-12-30(52)46-34(28)53/h6-10,19-21,28,42-43H,3-5,11-18H2,1-2H3,(H2,40,57)(H,41,54)(H,45,47)(H,46,52,53). The number of nitrogens with one attached hydrogen (secondary N) is 5. The Morgan fingerprint density at radius 3 is 2.48 bits per heavy atom. The lowest BCUT2D eigenvalue weighted by Crippen LogP contribution is -2.54. The van der Waals surface area contributed by atoms with Crippen LogP contribution in [-0.4, -0.2) is 105 Å². The number of nitrogens with two attached hydrogens (primary N) is 1. The minimum absolute atomic E-state index is 0.0432. The van der Waals surface area contributed by atoms with Gasteiger partial charge in [-0.1, -0.05) is 12.5 Å². The Labute approximate surface area is 332 Å². The van der Waals surface area contributed by atoms with Crippen LogP contribution in [-0.2, 0) is 26.3 Å². The number of para-hydroxylation sites is 1. The van der Waals surface area contributed by atoms with Gasteiger partial charge in [-0.15, -0.1) is 5.10 Å². The molecule has 19 heteroatoms. The van der Waals surface area contributed by atoms with Crippen molar-refractivity contribution in [3.8, 4) is 17.1 Å². The third kappa shape index (κ3) is 7.93. The summed E-state index contributed by atoms with van der Waals surface area (Å²) < 4.78 is 7.54. The van der Waals surface area contributed by atoms with Gasteiger partial charge < -0.3 is 31.7 Å². The van der Waals surface area contributed by atoms with E-state index in [4.69, 9.17) is 10.5 Å². The lowest BCUT2D eigenvalue weighted by molar-refractivity contribution is -0.136. The zero-order valence-corrected chi connectivity index (χ0v) is 32.1. The highest BCUT2D eigenvalue weighted by atomic mass is 16.5. The second-order valence-electron chi connectivity index (χ2n) is 14.3. The van der Waals surface area contributed by atoms with Crippen LogP contribution in [0.15, 0.2) is 48.8 Å². The van der Waals surface area contributed by atoms with Crippen molar-refractivity contribution >= 4 is 52.5 Å². The number of hydrogen-bond donors (Lipinski definition) is 6. The van der Waals surface area contributed by atoms with Gasteiger partial charge in [-0.2, -0.15) is 10.2 Å². The number of carbonyl (C=O) groups excluding carboxylic acids is 6. The van der Waals surface area contributed by atoms with Crippen LogP contribution in [0.5, 0.6) is 5.75 Å². The summed E-state index contributed by atoms with van der Waals surface area (Å²) in [4.78, 5) is 80.2. The molecule has 19 nitrogen and oxygen atoms in total. The Morgan fingerprint density at radius 2 is 1.74 bits per heavy atom. The fourth-order valence-electron chi connectivity index (χ4n) is 7.15. The molecule has 1 saturated carbocycles. The average Bonchev–Trinajstić information content (AvgIpc) is 3.85. The quantitative estimate of drug-likeness (QED) is 0.0619. The predicted octanol–water partition coefficient (Wildman–Crippen LogP) is 1.64. The normalized spacial score (nSPS) is 16.8. The summed E-state index contributed by atoms with van der Waals surface area (Å²) in [5.41, 5.74) is 7.90. The number of imide groups is 2. The number of fused-ring (bicyclic) bond motifs is 1. The number of nitrogens with zero attached hydrogens (tertiary/aromatic N) is 6. The number of methoxy groups -OCH3 is 1. The molecule has 2 aliphatic heterocycles. The number of primary amides is 1. The molecule has 4 aromatic rings. The zero-order valence-electron chi connectivity index (χ0n) is 32.1. The monoisotopic (exact) mass is 792 g/mol. The van der Waals surface area contributed by atoms with E-state index < -0.39 is 46.9 Å². The minimum atomic E-state index is -0.994. The maximum absolute atomic E-state index is 13.1. The first-order valence-electron chi connectivity index (χ1n) is 19.1. The molecule has 302 valence electrons. The number of hydrogen-bond acceptors (Lipinski definition) is 14. The molecule has 7 rings (SSSR count). The summed E-state index contributed by atoms with van der Waals surface area (Å²) in [6, 6.07) is 11.0. The first-order valence-corrected chi connectivity index (χ1v) is 19.1. The summed E-state index contributed by atoms with van der Waals surface area (Å²) in [6.45, 7) is 2.73. The van der Waals surface area contributed by atoms with E-state index in [0.717, 1.165) is 30.7 Å². The molecule has 2 aromatic carbocycles. The van der Waals surface area contributed by atoms with E-state index in [1.165, 1.54) is 14.2 Å². The van der Waals surface area contributed by atoms with Gasteiger partial charge in [0.1, 0.15) is 12.4 Å². The number of aromatic nitrogens is 5. The lowest BCUT2D eigenvalue weighted by atomic mass is 10.0. The molecule has 0 bridgehead atoms. The van der Waals surface area contributed by atoms with Crippen LogP contribution in [0.1, 0.15) is 81.8 Å². The highest BCUT2D eigenvalue weighted by Gasteiger charge is 2.52. The Balaban J connectivity index is 0.866. The molecule has 6 amide bonds. The molecule has 1 atom stereocenters. The average molecular weight is 793 g/mol. The van der Waals surface area contributed by atoms with Gasteiger partial charge in [0.2, 0.25) is 17.7 Å². The second kappa shape index (κ2) is 16.8. The Morgan fingerprint density at radius 1 is 0.948 bits per heavy atom. The molecule has 1 saturated heterocycles. The first-order chi connectivity index (χ1) is 28.0. The van der Waals surface area contributed by atoms with Crippen molar-refractivity contribution in [2.24, 2.45) is 5.73 Å². The van der Waals surface area contributed by atoms with Gasteiger partial charge in [-0.3, -0.25) is 43.7 Å². The fraction of sp³-hybridized carbons (Fsp3) is 0.385. The molecule has 1 unspecified atom stereocenters. The van der Waals surface area contributed by atoms with E-state index in [1.54, 1.807) is 41.3 Å². The molecule has 1 aliphatic carbocycles. The minimum Gasteiger partial charge on any atom is -0.494 e. The van der Waals surface area contributed by atoms with Gasteiger partial charge in [0.15, 0.2) is 17.3 Å². The molecule has 2 aromatic heterocycles. The Bertz CT molecular complexity index is 2290. The number of ether oxygens (including phenoxy) is 1. The van der Waals surface area contributed by atoms with Crippen LogP contribution in [0.2, 0.25) is 0 Å². The number of benzene rings is 2. The highest BCUT2D eigenvalue weighted by molar-refractivity contribution is 6.23. The van der Waals surface area contributed by atoms with Crippen molar-refractivity contribution in [3.05, 3.63) is 71.3 Å². The molecular weight excluding hydrogens is 749 g/mol. The summed E-state index contributed by atoms with van der Waals surface area (Å²) in [6.07, 6.45) is 5.74. The van der Waals surface area contributed by atoms with Gasteiger partial charge in [-0.25, -0.2) is 4.98 Å². The van der Waals surface area contributed by atoms with Gasteiger partial charge in [0.25, 0.3) is 17.7 Å². The highest BCUT2D eigenvalue weighted by Crippen LogP contribution is 2.48. The molecule has 7 N–H and O–H groups in total. The second-order valence-corrected chi connectivity index (χ2v) is 14.3. The number of carbonyl (C=O) groups is 6. The van der Waals surface area contributed by atoms with Crippen LogP contribution in [0.3, 0.4) is 0 Å². The molecule has 3 aliphatic rings. The molecule has 0 radical (unpaired) electrons. The predicted molar refractivity (Wildman–Crippen MR) is 209 cm³/mol. The van der Waals surface area contributed by atoms with E-state index >= 15 is 0 Å². The van der Waals surface area contributed by atoms with Crippen molar-refractivity contribution in [1.29, 1.82) is 0 Å². The molecule has 4 heterocycles. The van der Waals surface area contributed by atoms with Crippen molar-refractivity contribution < 1.29 is 33.5 Å². The number of amides is 6. The van der Waals surface area contributed by atoms with Gasteiger partial charge in [0, 0.05) is 32.2 Å². The molecule has 2 fully saturated rings. The van der Waals surface area contributed by atoms with Crippen LogP contribution < -0.4 is 37.1 Å². The van der Waals surface area contributed by atoms with Gasteiger partial charge in [-0.05, 0) is 75.0 Å². The van der Waals surface area contributed by atoms with E-state index in [1.807, 2.05) is 12.1 Å². The molecule has 58 heavy (non-hydrogen) atoms. The molecule has 0 spiro atoms. The first kappa shape index (κ1) is 39.5. The lowest BCUT2D eigenvalue weighted by Gasteiger charge is -2.27. The molecular formula is C39H44N12O7. The smallest absolute Gasteiger partial charge is 0.273 e. The largest absolute Gasteiger partial charge is 0.494 e. The number of unbranched alkanes of at least 4 members (excludes halogenated alkanes) is 2. The van der Waals surface area contributed by atoms with Crippen molar-refractivity contribution in [1.82, 2.24) is 45.8 Å². The van der Waals surface area contributed by atoms with Crippen molar-refractivity contribution in [3.63, 3.8) is 0 Å². The number of anilines is 3. The number of piperidine rings is 1. The van der Waals surface area contributed by atoms with Crippen LogP contribution in [0.25, 0.3) is 11.4 Å². The van der Waals surface area contributed by atoms with Crippen LogP contribution in [0.4, 0.5) is 17.1 Å². The van der Waals surface area contributed by atoms with Gasteiger partial charge in [0.05, 0.1) is 52.8 Å². The van der Waals surface area contributed by atoms with E-state index in [0.29, 0.717) is 72.4 Å². The third-order valence-corrected chi connectivity index (χ3v) is 10.5. The topological polar surface area (TPSA) is 258 Å². The van der Waals surface area contributed by atoms with Crippen LogP contribution >= 0.6 is 0 Å². The Kier molecular flexibility index (Phi) is 11.4. The van der Waals surface area contributed by atoms with Crippen molar-refractivity contribution in [2.75, 3.05) is 44.4 Å². The van der Waals surface area contributed by atoms with E-state index in [2.05, 4.69) is 46.9 Å². The fourth-order valence-corrected chi connectivity index (χ4v) is 7.15. The van der Waals surface area contributed by atoms with Crippen LogP contribution in [0, 0.1) is 0 Å². The number of rotatable bonds is 18. The SMILES string of the molecule is CNC(=O)c1nnc(C2(C(N)=O)CC2)cc1Nc1cccc(-c2ncn(CCNCCCCCNc3ccc4c(c3)C(=O)N(C3CCC(=O)NC3=O)C4=O)n2)c1OC. The summed E-state index contributed by atoms with van der Waals surface area (Å²) in [7, 11) is 3.02. The maximum Gasteiger partial charge on any atom is 0.273 e.